The smallest absolute Gasteiger partial charge is 0.201 e. The first-order valence-corrected chi connectivity index (χ1v) is 9.69. The lowest BCUT2D eigenvalue weighted by Gasteiger charge is -2.11. The van der Waals surface area contributed by atoms with E-state index >= 15 is 0 Å². The molecule has 4 heterocycles. The van der Waals surface area contributed by atoms with Crippen LogP contribution in [0.25, 0.3) is 15.9 Å². The maximum Gasteiger partial charge on any atom is 0.201 e. The van der Waals surface area contributed by atoms with Crippen molar-refractivity contribution in [1.29, 1.82) is 0 Å². The van der Waals surface area contributed by atoms with E-state index in [0.717, 1.165) is 32.9 Å². The number of pyridine rings is 1. The van der Waals surface area contributed by atoms with Gasteiger partial charge in [-0.05, 0) is 62.1 Å². The number of nitrogens with zero attached hydrogens (tertiary/aromatic N) is 5. The Kier molecular flexibility index (Phi) is 3.31. The minimum absolute atomic E-state index is 0.817. The molecule has 4 aromatic heterocycles. The lowest BCUT2D eigenvalue weighted by Crippen LogP contribution is -2.00. The molecule has 1 aliphatic carbocycles. The molecule has 0 fully saturated rings. The SMILES string of the molecule is Cc1nc(Sc2nnc3ccccn23)c2c3c(sc2n1)CCCC3. The van der Waals surface area contributed by atoms with Crippen molar-refractivity contribution >= 4 is 39.0 Å². The zero-order valence-electron chi connectivity index (χ0n) is 13.2. The van der Waals surface area contributed by atoms with Gasteiger partial charge in [-0.1, -0.05) is 6.07 Å². The lowest BCUT2D eigenvalue weighted by atomic mass is 9.97. The molecule has 0 saturated carbocycles. The van der Waals surface area contributed by atoms with Crippen molar-refractivity contribution in [1.82, 2.24) is 24.6 Å². The van der Waals surface area contributed by atoms with Crippen molar-refractivity contribution < 1.29 is 0 Å². The van der Waals surface area contributed by atoms with Crippen LogP contribution < -0.4 is 0 Å². The predicted octanol–water partition coefficient (Wildman–Crippen LogP) is 4.07. The van der Waals surface area contributed by atoms with Crippen molar-refractivity contribution in [3.63, 3.8) is 0 Å². The molecule has 0 atom stereocenters. The summed E-state index contributed by atoms with van der Waals surface area (Å²) < 4.78 is 2.01. The summed E-state index contributed by atoms with van der Waals surface area (Å²) in [5.74, 6) is 0.817. The van der Waals surface area contributed by atoms with E-state index in [1.807, 2.05) is 47.1 Å². The van der Waals surface area contributed by atoms with Crippen LogP contribution in [0.15, 0.2) is 34.6 Å². The second-order valence-corrected chi connectivity index (χ2v) is 8.02. The molecule has 0 aromatic carbocycles. The number of rotatable bonds is 2. The molecule has 120 valence electrons. The van der Waals surface area contributed by atoms with Crippen molar-refractivity contribution in [3.8, 4) is 0 Å². The number of thiophene rings is 1. The molecule has 4 aromatic rings. The summed E-state index contributed by atoms with van der Waals surface area (Å²) in [7, 11) is 0. The third-order valence-electron chi connectivity index (χ3n) is 4.36. The van der Waals surface area contributed by atoms with Crippen LogP contribution in [0, 0.1) is 6.92 Å². The number of aromatic nitrogens is 5. The van der Waals surface area contributed by atoms with Crippen LogP contribution in [-0.4, -0.2) is 24.6 Å². The molecule has 5 nitrogen and oxygen atoms in total. The Labute approximate surface area is 147 Å². The summed E-state index contributed by atoms with van der Waals surface area (Å²) in [5.41, 5.74) is 2.31. The topological polar surface area (TPSA) is 56.0 Å². The van der Waals surface area contributed by atoms with Gasteiger partial charge in [0.25, 0.3) is 0 Å². The van der Waals surface area contributed by atoms with Gasteiger partial charge in [0, 0.05) is 16.5 Å². The first kappa shape index (κ1) is 14.4. The monoisotopic (exact) mass is 353 g/mol. The van der Waals surface area contributed by atoms with E-state index in [-0.39, 0.29) is 0 Å². The van der Waals surface area contributed by atoms with Gasteiger partial charge in [-0.3, -0.25) is 4.40 Å². The average Bonchev–Trinajstić information content (AvgIpc) is 3.16. The van der Waals surface area contributed by atoms with Crippen molar-refractivity contribution in [2.24, 2.45) is 0 Å². The highest BCUT2D eigenvalue weighted by atomic mass is 32.2. The summed E-state index contributed by atoms with van der Waals surface area (Å²) in [6.07, 6.45) is 6.84. The molecule has 0 amide bonds. The first-order valence-electron chi connectivity index (χ1n) is 8.06. The molecule has 0 bridgehead atoms. The molecule has 0 spiro atoms. The predicted molar refractivity (Wildman–Crippen MR) is 95.9 cm³/mol. The van der Waals surface area contributed by atoms with Gasteiger partial charge < -0.3 is 0 Å². The minimum Gasteiger partial charge on any atom is -0.277 e. The van der Waals surface area contributed by atoms with Crippen LogP contribution in [0.3, 0.4) is 0 Å². The van der Waals surface area contributed by atoms with Crippen LogP contribution in [-0.2, 0) is 12.8 Å². The van der Waals surface area contributed by atoms with Crippen molar-refractivity contribution in [2.45, 2.75) is 42.8 Å². The van der Waals surface area contributed by atoms with E-state index in [4.69, 9.17) is 4.98 Å². The highest BCUT2D eigenvalue weighted by molar-refractivity contribution is 7.99. The zero-order chi connectivity index (χ0) is 16.1. The fourth-order valence-corrected chi connectivity index (χ4v) is 5.65. The Morgan fingerprint density at radius 2 is 2.04 bits per heavy atom. The summed E-state index contributed by atoms with van der Waals surface area (Å²) in [4.78, 5) is 12.0. The van der Waals surface area contributed by atoms with E-state index in [0.29, 0.717) is 0 Å². The molecule has 24 heavy (non-hydrogen) atoms. The normalized spacial score (nSPS) is 14.4. The molecule has 0 saturated heterocycles. The summed E-state index contributed by atoms with van der Waals surface area (Å²) in [6, 6.07) is 5.93. The molecule has 1 aliphatic rings. The molecule has 0 N–H and O–H groups in total. The number of hydrogen-bond acceptors (Lipinski definition) is 6. The fraction of sp³-hybridized carbons (Fsp3) is 0.294. The van der Waals surface area contributed by atoms with Crippen LogP contribution in [0.2, 0.25) is 0 Å². The molecular weight excluding hydrogens is 338 g/mol. The van der Waals surface area contributed by atoms with Crippen LogP contribution in [0.4, 0.5) is 0 Å². The van der Waals surface area contributed by atoms with Gasteiger partial charge in [0.2, 0.25) is 5.16 Å². The van der Waals surface area contributed by atoms with Gasteiger partial charge in [0.05, 0.1) is 0 Å². The van der Waals surface area contributed by atoms with Gasteiger partial charge in [-0.2, -0.15) is 0 Å². The first-order chi connectivity index (χ1) is 11.8. The molecule has 5 rings (SSSR count). The third kappa shape index (κ3) is 2.22. The van der Waals surface area contributed by atoms with Crippen LogP contribution in [0.5, 0.6) is 0 Å². The molecule has 0 radical (unpaired) electrons. The summed E-state index contributed by atoms with van der Waals surface area (Å²) >= 11 is 3.43. The minimum atomic E-state index is 0.817. The summed E-state index contributed by atoms with van der Waals surface area (Å²) in [5, 5.41) is 11.7. The molecular formula is C17H15N5S2. The Bertz CT molecular complexity index is 1070. The van der Waals surface area contributed by atoms with E-state index in [1.54, 1.807) is 11.8 Å². The fourth-order valence-electron chi connectivity index (χ4n) is 3.28. The van der Waals surface area contributed by atoms with E-state index in [2.05, 4.69) is 15.2 Å². The Morgan fingerprint density at radius 1 is 1.12 bits per heavy atom. The lowest BCUT2D eigenvalue weighted by molar-refractivity contribution is 0.699. The van der Waals surface area contributed by atoms with Gasteiger partial charge in [-0.25, -0.2) is 9.97 Å². The maximum absolute atomic E-state index is 4.74. The van der Waals surface area contributed by atoms with Gasteiger partial charge in [-0.15, -0.1) is 21.5 Å². The number of aryl methyl sites for hydroxylation is 3. The van der Waals surface area contributed by atoms with Gasteiger partial charge in [0.15, 0.2) is 5.65 Å². The Morgan fingerprint density at radius 3 is 3.00 bits per heavy atom. The van der Waals surface area contributed by atoms with Gasteiger partial charge in [0.1, 0.15) is 15.7 Å². The molecule has 0 unspecified atom stereocenters. The van der Waals surface area contributed by atoms with E-state index in [9.17, 15) is 0 Å². The quantitative estimate of drug-likeness (QED) is 0.508. The third-order valence-corrected chi connectivity index (χ3v) is 6.50. The number of fused-ring (bicyclic) bond motifs is 4. The average molecular weight is 353 g/mol. The maximum atomic E-state index is 4.74. The highest BCUT2D eigenvalue weighted by Crippen LogP contribution is 2.41. The Hall–Kier alpha value is -1.99. The highest BCUT2D eigenvalue weighted by Gasteiger charge is 2.22. The standard InChI is InChI=1S/C17H15N5S2/c1-10-18-15-14(11-6-2-3-7-12(11)23-15)16(19-10)24-17-21-20-13-8-4-5-9-22(13)17/h4-5,8-9H,2-3,6-7H2,1H3. The van der Waals surface area contributed by atoms with Crippen molar-refractivity contribution in [3.05, 3.63) is 40.7 Å². The molecule has 0 aliphatic heterocycles. The second-order valence-electron chi connectivity index (χ2n) is 5.98. The Balaban J connectivity index is 1.69. The van der Waals surface area contributed by atoms with E-state index < -0.39 is 0 Å². The van der Waals surface area contributed by atoms with Gasteiger partial charge >= 0.3 is 0 Å². The summed E-state index contributed by atoms with van der Waals surface area (Å²) in [6.45, 7) is 1.96. The largest absolute Gasteiger partial charge is 0.277 e. The number of hydrogen-bond donors (Lipinski definition) is 0. The molecule has 7 heteroatoms. The zero-order valence-corrected chi connectivity index (χ0v) is 14.8. The van der Waals surface area contributed by atoms with E-state index in [1.165, 1.54) is 35.1 Å². The van der Waals surface area contributed by atoms with Crippen molar-refractivity contribution in [2.75, 3.05) is 0 Å². The second kappa shape index (κ2) is 5.53. The van der Waals surface area contributed by atoms with Crippen LogP contribution >= 0.6 is 23.1 Å². The van der Waals surface area contributed by atoms with Crippen LogP contribution in [0.1, 0.15) is 29.1 Å².